The van der Waals surface area contributed by atoms with E-state index in [0.29, 0.717) is 0 Å². The maximum Gasteiger partial charge on any atom is 3.00 e. The van der Waals surface area contributed by atoms with Gasteiger partial charge in [0.15, 0.2) is 0 Å². The zero-order chi connectivity index (χ0) is 10.7. The largest absolute Gasteiger partial charge is 3.00 e. The number of quaternary nitrogens is 3. The van der Waals surface area contributed by atoms with Crippen molar-refractivity contribution in [2.24, 2.45) is 0 Å². The molecule has 108 valence electrons. The van der Waals surface area contributed by atoms with Crippen LogP contribution in [0, 0.1) is 0 Å². The van der Waals surface area contributed by atoms with Gasteiger partial charge >= 0.3 is 19.5 Å². The summed E-state index contributed by atoms with van der Waals surface area (Å²) in [7, 11) is 0. The normalized spacial score (nSPS) is 6.56. The number of rotatable bonds is 0. The molecule has 0 aliphatic heterocycles. The number of hydrogen-bond donors (Lipinski definition) is 3. The van der Waals surface area contributed by atoms with Gasteiger partial charge in [-0.1, -0.05) is 0 Å². The smallest absolute Gasteiger partial charge is 0.784 e. The Balaban J connectivity index is -0.0000000135. The molecular formula is H12N3O9RhS3. The van der Waals surface area contributed by atoms with E-state index in [2.05, 4.69) is 0 Å². The zero-order valence-electron chi connectivity index (χ0n) is 8.23. The van der Waals surface area contributed by atoms with Crippen molar-refractivity contribution in [2.45, 2.75) is 0 Å². The molecule has 0 spiro atoms. The Labute approximate surface area is 112 Å². The minimum absolute atomic E-state index is 0. The van der Waals surface area contributed by atoms with Crippen LogP contribution in [0.15, 0.2) is 0 Å². The summed E-state index contributed by atoms with van der Waals surface area (Å²) in [5.41, 5.74) is 0. The average Bonchev–Trinajstić information content (AvgIpc) is 1.54. The first kappa shape index (κ1) is 43.7. The second kappa shape index (κ2) is 36.1. The van der Waals surface area contributed by atoms with Gasteiger partial charge in [0.25, 0.3) is 0 Å². The van der Waals surface area contributed by atoms with Crippen LogP contribution in [0.1, 0.15) is 0 Å². The van der Waals surface area contributed by atoms with Gasteiger partial charge < -0.3 is 45.8 Å². The molecule has 0 aliphatic rings. The average molecular weight is 397 g/mol. The molecule has 0 atom stereocenters. The summed E-state index contributed by atoms with van der Waals surface area (Å²) in [5, 5.41) is 0. The van der Waals surface area contributed by atoms with Crippen LogP contribution in [0.2, 0.25) is 0 Å². The molecule has 0 saturated carbocycles. The van der Waals surface area contributed by atoms with E-state index < -0.39 is 34.1 Å². The van der Waals surface area contributed by atoms with Gasteiger partial charge in [-0.2, -0.15) is 0 Å². The van der Waals surface area contributed by atoms with E-state index in [4.69, 9.17) is 39.9 Å². The molecule has 0 saturated heterocycles. The van der Waals surface area contributed by atoms with Crippen LogP contribution in [0.3, 0.4) is 0 Å². The first-order valence-corrected chi connectivity index (χ1v) is 4.50. The van der Waals surface area contributed by atoms with Crippen molar-refractivity contribution in [1.29, 1.82) is 0 Å². The zero-order valence-corrected chi connectivity index (χ0v) is 12.3. The molecule has 0 aromatic carbocycles. The van der Waals surface area contributed by atoms with Crippen molar-refractivity contribution < 1.29 is 59.4 Å². The van der Waals surface area contributed by atoms with Crippen molar-refractivity contribution in [3.63, 3.8) is 0 Å². The van der Waals surface area contributed by atoms with Crippen LogP contribution in [-0.4, -0.2) is 39.9 Å². The molecule has 12 nitrogen and oxygen atoms in total. The fourth-order valence-electron chi connectivity index (χ4n) is 0. The van der Waals surface area contributed by atoms with Crippen LogP contribution in [0.4, 0.5) is 0 Å². The monoisotopic (exact) mass is 397 g/mol. The van der Waals surface area contributed by atoms with Gasteiger partial charge in [0, 0.05) is 0 Å². The Morgan fingerprint density at radius 2 is 0.500 bits per heavy atom. The molecule has 0 fully saturated rings. The SMILES string of the molecule is O=S([O-])[O-].O=S([O-])[O-].O=S([O-])[O-].[NH4+].[NH4+].[NH4+].[Rh+3]. The third-order valence-electron chi connectivity index (χ3n) is 0. The van der Waals surface area contributed by atoms with E-state index in [1.165, 1.54) is 0 Å². The van der Waals surface area contributed by atoms with E-state index in [9.17, 15) is 0 Å². The molecule has 0 aromatic rings. The van der Waals surface area contributed by atoms with Crippen molar-refractivity contribution >= 4 is 34.1 Å². The van der Waals surface area contributed by atoms with E-state index in [-0.39, 0.29) is 37.9 Å². The molecule has 12 N–H and O–H groups in total. The Morgan fingerprint density at radius 3 is 0.500 bits per heavy atom. The third kappa shape index (κ3) is 5440. The second-order valence-electron chi connectivity index (χ2n) is 0.612. The summed E-state index contributed by atoms with van der Waals surface area (Å²) in [5.74, 6) is 0. The molecule has 0 aliphatic carbocycles. The Kier molecular flexibility index (Phi) is 98.6. The van der Waals surface area contributed by atoms with Gasteiger partial charge in [-0.15, -0.1) is 34.1 Å². The molecule has 0 rings (SSSR count). The van der Waals surface area contributed by atoms with Crippen LogP contribution >= 0.6 is 0 Å². The predicted octanol–water partition coefficient (Wildman–Crippen LogP) is -1.89. The summed E-state index contributed by atoms with van der Waals surface area (Å²) in [4.78, 5) is 0. The van der Waals surface area contributed by atoms with Crippen molar-refractivity contribution in [2.75, 3.05) is 0 Å². The maximum atomic E-state index is 8.44. The van der Waals surface area contributed by atoms with E-state index in [0.717, 1.165) is 0 Å². The van der Waals surface area contributed by atoms with E-state index in [1.807, 2.05) is 0 Å². The molecule has 16 heavy (non-hydrogen) atoms. The maximum absolute atomic E-state index is 8.44. The minimum Gasteiger partial charge on any atom is -0.784 e. The van der Waals surface area contributed by atoms with Gasteiger partial charge in [0.05, 0.1) is 0 Å². The standard InChI is InChI=1S/3H3N.3H2O3S.Rh/c;;;3*1-4(2)3;/h3*1H3;3*(H2,1,2,3);/q;;;;;;+3/p-3. The predicted molar refractivity (Wildman–Crippen MR) is 47.0 cm³/mol. The molecule has 0 bridgehead atoms. The Hall–Kier alpha value is 0.713. The quantitative estimate of drug-likeness (QED) is 0.303. The van der Waals surface area contributed by atoms with Crippen LogP contribution < -0.4 is 18.5 Å². The summed E-state index contributed by atoms with van der Waals surface area (Å²) in [6, 6.07) is 0. The molecular weight excluding hydrogens is 385 g/mol. The van der Waals surface area contributed by atoms with E-state index in [1.54, 1.807) is 0 Å². The van der Waals surface area contributed by atoms with Gasteiger partial charge in [-0.3, -0.25) is 12.6 Å². The van der Waals surface area contributed by atoms with Crippen LogP contribution in [0.25, 0.3) is 0 Å². The van der Waals surface area contributed by atoms with Gasteiger partial charge in [-0.25, -0.2) is 0 Å². The molecule has 0 unspecified atom stereocenters. The van der Waals surface area contributed by atoms with E-state index >= 15 is 0 Å². The van der Waals surface area contributed by atoms with Crippen LogP contribution in [-0.2, 0) is 53.6 Å². The summed E-state index contributed by atoms with van der Waals surface area (Å²) < 4.78 is 76.0. The van der Waals surface area contributed by atoms with Crippen molar-refractivity contribution in [1.82, 2.24) is 18.5 Å². The topological polar surface area (TPSA) is 299 Å². The molecule has 0 aromatic heterocycles. The van der Waals surface area contributed by atoms with Crippen LogP contribution in [0.5, 0.6) is 0 Å². The van der Waals surface area contributed by atoms with Crippen molar-refractivity contribution in [3.05, 3.63) is 0 Å². The van der Waals surface area contributed by atoms with Crippen molar-refractivity contribution in [3.8, 4) is 0 Å². The van der Waals surface area contributed by atoms with Gasteiger partial charge in [-0.05, 0) is 0 Å². The second-order valence-corrected chi connectivity index (χ2v) is 1.84. The molecule has 16 heteroatoms. The first-order valence-electron chi connectivity index (χ1n) is 1.50. The summed E-state index contributed by atoms with van der Waals surface area (Å²) >= 11 is -9.33. The molecule has 0 heterocycles. The number of hydrogen-bond acceptors (Lipinski definition) is 9. The third-order valence-corrected chi connectivity index (χ3v) is 0. The first-order chi connectivity index (χ1) is 5.20. The Bertz CT molecular complexity index is 124. The van der Waals surface area contributed by atoms with Gasteiger partial charge in [0.1, 0.15) is 0 Å². The molecule has 0 radical (unpaired) electrons. The fraction of sp³-hybridized carbons (Fsp3) is 0. The Morgan fingerprint density at radius 1 is 0.500 bits per heavy atom. The fourth-order valence-corrected chi connectivity index (χ4v) is 0. The molecule has 0 amide bonds. The van der Waals surface area contributed by atoms with Gasteiger partial charge in [0.2, 0.25) is 0 Å². The summed E-state index contributed by atoms with van der Waals surface area (Å²) in [6.45, 7) is 0. The summed E-state index contributed by atoms with van der Waals surface area (Å²) in [6.07, 6.45) is 0. The minimum atomic E-state index is -3.11.